The van der Waals surface area contributed by atoms with Crippen LogP contribution in [-0.2, 0) is 22.7 Å². The summed E-state index contributed by atoms with van der Waals surface area (Å²) in [6, 6.07) is 17.5. The minimum absolute atomic E-state index is 0.0987. The lowest BCUT2D eigenvalue weighted by Crippen LogP contribution is -2.35. The Morgan fingerprint density at radius 3 is 2.47 bits per heavy atom. The molecule has 0 atom stereocenters. The van der Waals surface area contributed by atoms with Gasteiger partial charge < -0.3 is 19.5 Å². The Morgan fingerprint density at radius 2 is 1.75 bits per heavy atom. The average Bonchev–Trinajstić information content (AvgIpc) is 2.87. The molecule has 3 rings (SSSR count). The Bertz CT molecular complexity index is 1240. The highest BCUT2D eigenvalue weighted by molar-refractivity contribution is 6.35. The number of rotatable bonds is 10. The van der Waals surface area contributed by atoms with Gasteiger partial charge in [-0.2, -0.15) is 5.10 Å². The summed E-state index contributed by atoms with van der Waals surface area (Å²) in [7, 11) is 1.47. The van der Waals surface area contributed by atoms with E-state index in [0.29, 0.717) is 27.1 Å². The zero-order valence-corrected chi connectivity index (χ0v) is 21.4. The van der Waals surface area contributed by atoms with Gasteiger partial charge in [-0.05, 0) is 35.4 Å². The van der Waals surface area contributed by atoms with Gasteiger partial charge >= 0.3 is 6.09 Å². The van der Waals surface area contributed by atoms with E-state index in [4.69, 9.17) is 49.0 Å². The van der Waals surface area contributed by atoms with Gasteiger partial charge in [0.2, 0.25) is 0 Å². The standard InChI is InChI=1S/C25H22Cl3N3O5/c1-34-22-10-17(9-21(28)24(22)35-15-18-7-8-19(26)11-20(18)27)12-30-31-23(32)13-29-25(33)36-14-16-5-3-2-4-6-16/h2-12H,13-15H2,1H3,(H,29,33)(H,31,32)/b30-12-. The minimum atomic E-state index is -0.718. The Kier molecular flexibility index (Phi) is 10.2. The van der Waals surface area contributed by atoms with E-state index in [9.17, 15) is 9.59 Å². The van der Waals surface area contributed by atoms with E-state index in [1.807, 2.05) is 30.3 Å². The maximum atomic E-state index is 11.9. The first-order valence-electron chi connectivity index (χ1n) is 10.6. The van der Waals surface area contributed by atoms with Crippen molar-refractivity contribution < 1.29 is 23.8 Å². The smallest absolute Gasteiger partial charge is 0.407 e. The first-order chi connectivity index (χ1) is 17.4. The molecule has 0 aliphatic rings. The summed E-state index contributed by atoms with van der Waals surface area (Å²) >= 11 is 18.5. The molecule has 0 heterocycles. The van der Waals surface area contributed by atoms with Crippen molar-refractivity contribution in [2.24, 2.45) is 5.10 Å². The van der Waals surface area contributed by atoms with Gasteiger partial charge in [-0.25, -0.2) is 10.2 Å². The number of benzene rings is 3. The summed E-state index contributed by atoms with van der Waals surface area (Å²) in [5.74, 6) is 0.147. The number of hydrogen-bond acceptors (Lipinski definition) is 6. The molecule has 0 unspecified atom stereocenters. The molecule has 0 aliphatic carbocycles. The minimum Gasteiger partial charge on any atom is -0.493 e. The van der Waals surface area contributed by atoms with Crippen LogP contribution in [0.5, 0.6) is 11.5 Å². The number of amides is 2. The highest BCUT2D eigenvalue weighted by Gasteiger charge is 2.13. The molecule has 0 radical (unpaired) electrons. The summed E-state index contributed by atoms with van der Waals surface area (Å²) in [5.41, 5.74) is 4.42. The fourth-order valence-corrected chi connectivity index (χ4v) is 3.62. The molecule has 2 N–H and O–H groups in total. The van der Waals surface area contributed by atoms with E-state index >= 15 is 0 Å². The van der Waals surface area contributed by atoms with Crippen LogP contribution in [0.2, 0.25) is 15.1 Å². The van der Waals surface area contributed by atoms with Crippen LogP contribution in [0.3, 0.4) is 0 Å². The van der Waals surface area contributed by atoms with Gasteiger partial charge in [0.1, 0.15) is 19.8 Å². The monoisotopic (exact) mass is 549 g/mol. The van der Waals surface area contributed by atoms with E-state index in [0.717, 1.165) is 11.1 Å². The van der Waals surface area contributed by atoms with Gasteiger partial charge in [0.05, 0.1) is 18.3 Å². The van der Waals surface area contributed by atoms with Crippen molar-refractivity contribution in [2.45, 2.75) is 13.2 Å². The van der Waals surface area contributed by atoms with E-state index in [2.05, 4.69) is 15.8 Å². The molecule has 188 valence electrons. The largest absolute Gasteiger partial charge is 0.493 e. The third-order valence-electron chi connectivity index (χ3n) is 4.65. The summed E-state index contributed by atoms with van der Waals surface area (Å²) in [6.07, 6.45) is 0.657. The van der Waals surface area contributed by atoms with Crippen LogP contribution in [-0.4, -0.2) is 31.9 Å². The van der Waals surface area contributed by atoms with E-state index in [-0.39, 0.29) is 24.8 Å². The van der Waals surface area contributed by atoms with Crippen molar-refractivity contribution in [3.63, 3.8) is 0 Å². The molecule has 0 saturated heterocycles. The predicted octanol–water partition coefficient (Wildman–Crippen LogP) is 5.61. The Labute approximate surface area is 223 Å². The molecule has 0 aromatic heterocycles. The van der Waals surface area contributed by atoms with Crippen molar-refractivity contribution in [1.29, 1.82) is 0 Å². The lowest BCUT2D eigenvalue weighted by atomic mass is 10.2. The van der Waals surface area contributed by atoms with Crippen LogP contribution in [0.25, 0.3) is 0 Å². The number of carbonyl (C=O) groups is 2. The van der Waals surface area contributed by atoms with Gasteiger partial charge in [0.25, 0.3) is 5.91 Å². The molecule has 3 aromatic rings. The number of hydrogen-bond donors (Lipinski definition) is 2. The number of ether oxygens (including phenoxy) is 3. The highest BCUT2D eigenvalue weighted by Crippen LogP contribution is 2.37. The topological polar surface area (TPSA) is 98.2 Å². The summed E-state index contributed by atoms with van der Waals surface area (Å²) in [5, 5.41) is 7.48. The van der Waals surface area contributed by atoms with Crippen LogP contribution in [0.15, 0.2) is 65.8 Å². The molecule has 8 nitrogen and oxygen atoms in total. The van der Waals surface area contributed by atoms with Crippen LogP contribution in [0.4, 0.5) is 4.79 Å². The van der Waals surface area contributed by atoms with Gasteiger partial charge in [0, 0.05) is 15.6 Å². The van der Waals surface area contributed by atoms with Crippen molar-refractivity contribution in [2.75, 3.05) is 13.7 Å². The first-order valence-corrected chi connectivity index (χ1v) is 11.7. The Hall–Kier alpha value is -3.46. The number of alkyl carbamates (subject to hydrolysis) is 1. The van der Waals surface area contributed by atoms with E-state index in [1.165, 1.54) is 13.3 Å². The number of halogens is 3. The second-order valence-electron chi connectivity index (χ2n) is 7.27. The second kappa shape index (κ2) is 13.6. The van der Waals surface area contributed by atoms with Gasteiger partial charge in [-0.15, -0.1) is 0 Å². The molecule has 36 heavy (non-hydrogen) atoms. The zero-order chi connectivity index (χ0) is 25.9. The fraction of sp³-hybridized carbons (Fsp3) is 0.160. The number of methoxy groups -OCH3 is 1. The van der Waals surface area contributed by atoms with E-state index in [1.54, 1.807) is 30.3 Å². The fourth-order valence-electron chi connectivity index (χ4n) is 2.89. The van der Waals surface area contributed by atoms with E-state index < -0.39 is 12.0 Å². The van der Waals surface area contributed by atoms with Crippen LogP contribution >= 0.6 is 34.8 Å². The molecular weight excluding hydrogens is 529 g/mol. The van der Waals surface area contributed by atoms with Crippen molar-refractivity contribution in [3.05, 3.63) is 92.4 Å². The molecule has 2 amide bonds. The highest BCUT2D eigenvalue weighted by atomic mass is 35.5. The van der Waals surface area contributed by atoms with Crippen molar-refractivity contribution >= 4 is 53.0 Å². The number of hydrazone groups is 1. The lowest BCUT2D eigenvalue weighted by Gasteiger charge is -2.14. The van der Waals surface area contributed by atoms with Crippen LogP contribution < -0.4 is 20.2 Å². The average molecular weight is 551 g/mol. The van der Waals surface area contributed by atoms with Gasteiger partial charge in [-0.1, -0.05) is 71.2 Å². The Balaban J connectivity index is 1.50. The molecule has 0 saturated carbocycles. The van der Waals surface area contributed by atoms with Crippen LogP contribution in [0.1, 0.15) is 16.7 Å². The molecule has 0 fully saturated rings. The maximum Gasteiger partial charge on any atom is 0.407 e. The molecule has 0 bridgehead atoms. The first kappa shape index (κ1) is 27.1. The number of carbonyl (C=O) groups excluding carboxylic acids is 2. The lowest BCUT2D eigenvalue weighted by molar-refractivity contribution is -0.120. The van der Waals surface area contributed by atoms with Crippen LogP contribution in [0, 0.1) is 0 Å². The number of nitrogens with zero attached hydrogens (tertiary/aromatic N) is 1. The molecule has 3 aromatic carbocycles. The van der Waals surface area contributed by atoms with Crippen molar-refractivity contribution in [3.8, 4) is 11.5 Å². The Morgan fingerprint density at radius 1 is 0.972 bits per heavy atom. The summed E-state index contributed by atoms with van der Waals surface area (Å²) in [4.78, 5) is 23.7. The third-order valence-corrected chi connectivity index (χ3v) is 5.52. The molecule has 0 aliphatic heterocycles. The molecular formula is C25H22Cl3N3O5. The maximum absolute atomic E-state index is 11.9. The zero-order valence-electron chi connectivity index (χ0n) is 19.1. The second-order valence-corrected chi connectivity index (χ2v) is 8.52. The molecule has 11 heteroatoms. The van der Waals surface area contributed by atoms with Crippen molar-refractivity contribution in [1.82, 2.24) is 10.7 Å². The quantitative estimate of drug-likeness (QED) is 0.253. The normalized spacial score (nSPS) is 10.7. The molecule has 0 spiro atoms. The SMILES string of the molecule is COc1cc(/C=N\NC(=O)CNC(=O)OCc2ccccc2)cc(Cl)c1OCc1ccc(Cl)cc1Cl. The third kappa shape index (κ3) is 8.34. The number of nitrogens with one attached hydrogen (secondary N) is 2. The summed E-state index contributed by atoms with van der Waals surface area (Å²) in [6.45, 7) is -0.0626. The van der Waals surface area contributed by atoms with Gasteiger partial charge in [0.15, 0.2) is 11.5 Å². The van der Waals surface area contributed by atoms with Gasteiger partial charge in [-0.3, -0.25) is 4.79 Å². The summed E-state index contributed by atoms with van der Waals surface area (Å²) < 4.78 is 16.2. The predicted molar refractivity (Wildman–Crippen MR) is 139 cm³/mol.